The van der Waals surface area contributed by atoms with E-state index >= 15 is 0 Å². The van der Waals surface area contributed by atoms with Gasteiger partial charge in [-0.05, 0) is 225 Å². The second-order valence-electron chi connectivity index (χ2n) is 35.5. The molecule has 22 aromatic carbocycles. The van der Waals surface area contributed by atoms with Crippen molar-refractivity contribution in [3.05, 3.63) is 569 Å². The third-order valence-corrected chi connectivity index (χ3v) is 26.8. The van der Waals surface area contributed by atoms with Gasteiger partial charge in [0.1, 0.15) is 0 Å². The molecule has 0 fully saturated rings. The van der Waals surface area contributed by atoms with Crippen molar-refractivity contribution in [2.24, 2.45) is 0 Å². The van der Waals surface area contributed by atoms with Gasteiger partial charge in [-0.2, -0.15) is 0 Å². The summed E-state index contributed by atoms with van der Waals surface area (Å²) in [7, 11) is 0. The van der Waals surface area contributed by atoms with Gasteiger partial charge in [-0.25, -0.2) is 0 Å². The van der Waals surface area contributed by atoms with Crippen LogP contribution in [-0.2, 0) is 5.41 Å². The average molecular weight is 1760 g/mol. The van der Waals surface area contributed by atoms with Crippen LogP contribution in [0.15, 0.2) is 558 Å². The van der Waals surface area contributed by atoms with Crippen LogP contribution in [-0.4, -0.2) is 4.98 Å². The summed E-state index contributed by atoms with van der Waals surface area (Å²) in [4.78, 5) is 11.9. The van der Waals surface area contributed by atoms with Gasteiger partial charge in [-0.1, -0.05) is 463 Å². The first-order valence-corrected chi connectivity index (χ1v) is 47.5. The van der Waals surface area contributed by atoms with Crippen molar-refractivity contribution in [3.63, 3.8) is 0 Å². The molecule has 0 N–H and O–H groups in total. The number of hydrogen-bond acceptors (Lipinski definition) is 4. The van der Waals surface area contributed by atoms with Crippen molar-refractivity contribution < 1.29 is 0 Å². The molecule has 0 amide bonds. The van der Waals surface area contributed by atoms with Crippen LogP contribution >= 0.6 is 0 Å². The van der Waals surface area contributed by atoms with Gasteiger partial charge in [0.25, 0.3) is 0 Å². The summed E-state index contributed by atoms with van der Waals surface area (Å²) in [6, 6.07) is 198. The summed E-state index contributed by atoms with van der Waals surface area (Å²) in [6.07, 6.45) is 1.84. The Bertz CT molecular complexity index is 8040. The van der Waals surface area contributed by atoms with E-state index in [-0.39, 0.29) is 5.41 Å². The number of hydrogen-bond donors (Lipinski definition) is 0. The van der Waals surface area contributed by atoms with E-state index in [1.54, 1.807) is 0 Å². The molecule has 138 heavy (non-hydrogen) atoms. The summed E-state index contributed by atoms with van der Waals surface area (Å²) < 4.78 is 0. The zero-order valence-electron chi connectivity index (χ0n) is 76.9. The second kappa shape index (κ2) is 38.8. The molecule has 24 rings (SSSR count). The quantitative estimate of drug-likeness (QED) is 0.0805. The van der Waals surface area contributed by atoms with Gasteiger partial charge in [0.05, 0.1) is 22.8 Å². The highest BCUT2D eigenvalue weighted by Gasteiger charge is 2.37. The van der Waals surface area contributed by atoms with E-state index in [0.717, 1.165) is 62.3 Å². The van der Waals surface area contributed by atoms with E-state index in [0.29, 0.717) is 0 Å². The third kappa shape index (κ3) is 17.2. The molecular formula is C134H98N4. The lowest BCUT2D eigenvalue weighted by Crippen LogP contribution is -2.17. The van der Waals surface area contributed by atoms with Crippen molar-refractivity contribution in [1.29, 1.82) is 0 Å². The molecule has 23 aromatic rings. The van der Waals surface area contributed by atoms with Crippen molar-refractivity contribution in [2.45, 2.75) is 19.3 Å². The Morgan fingerprint density at radius 2 is 0.413 bits per heavy atom. The fourth-order valence-electron chi connectivity index (χ4n) is 20.2. The highest BCUT2D eigenvalue weighted by atomic mass is 15.2. The molecular weight excluding hydrogens is 1670 g/mol. The number of benzene rings is 22. The first kappa shape index (κ1) is 85.6. The van der Waals surface area contributed by atoms with Gasteiger partial charge in [0, 0.05) is 84.1 Å². The van der Waals surface area contributed by atoms with Gasteiger partial charge >= 0.3 is 0 Å². The summed E-state index contributed by atoms with van der Waals surface area (Å²) in [5.41, 5.74) is 39.1. The minimum absolute atomic E-state index is 0.124. The molecule has 0 radical (unpaired) electrons. The lowest BCUT2D eigenvalue weighted by atomic mass is 9.82. The maximum Gasteiger partial charge on any atom is 0.0701 e. The second-order valence-corrected chi connectivity index (χ2v) is 35.5. The standard InChI is InChI=1S/C49H37N.C46H33N.C39H28N2/c1-49(2)45-25-15-14-24-42(45)43-31-30-40(33-46(43)49)50(39-28-26-35(27-29-39)34-16-6-3-7-17-34)48-41-23-13-12-22-38(41)32-44(36-18-8-4-9-19-36)47(48)37-20-10-5-11-21-37;1-5-15-34(16-6-1)36-25-29-41(30-26-36)47(42-31-27-37(28-32-42)35-17-7-2-8-18-35)46-43-24-14-13-23-40(43)33-44(38-19-9-3-10-20-38)45(46)39-21-11-4-12-22-39;1-4-14-31(15-5-1)38-36(29-23-25-30(26-24-29)37-22-12-13-27-40-37)28-32-16-10-11-21-35(32)39(38)41(33-17-6-2-7-18-33)34-19-8-3-9-20-34/h3-33H,1-2H3;1-33H;1-28H. The SMILES string of the molecule is CC1(C)c2ccccc2-c2ccc(N(c3ccc(-c4ccccc4)cc3)c3c(-c4ccccc4)c(-c4ccccc4)cc4ccccc34)cc21.c1ccc(-c2c(-c3ccc(-c4ccccn4)cc3)cc3ccccc3c2N(c2ccccc2)c2ccccc2)cc1.c1ccc(-c2ccc(N(c3ccc(-c4ccccc4)cc3)c3c(-c4ccccc4)c(-c4ccccc4)cc4ccccc34)cc2)cc1. The predicted molar refractivity (Wildman–Crippen MR) is 586 cm³/mol. The zero-order valence-corrected chi connectivity index (χ0v) is 76.9. The molecule has 654 valence electrons. The van der Waals surface area contributed by atoms with E-state index in [9.17, 15) is 0 Å². The van der Waals surface area contributed by atoms with Crippen LogP contribution in [0.5, 0.6) is 0 Å². The first-order chi connectivity index (χ1) is 68.3. The number of pyridine rings is 1. The van der Waals surface area contributed by atoms with E-state index in [1.165, 1.54) is 155 Å². The molecule has 1 aliphatic rings. The molecule has 0 unspecified atom stereocenters. The molecule has 4 heteroatoms. The Morgan fingerprint density at radius 1 is 0.167 bits per heavy atom. The average Bonchev–Trinajstić information content (AvgIpc) is 1.43. The molecule has 4 nitrogen and oxygen atoms in total. The Morgan fingerprint density at radius 3 is 0.761 bits per heavy atom. The molecule has 1 aliphatic carbocycles. The summed E-state index contributed by atoms with van der Waals surface area (Å²) in [5.74, 6) is 0. The van der Waals surface area contributed by atoms with Crippen molar-refractivity contribution in [3.8, 4) is 123 Å². The molecule has 1 heterocycles. The van der Waals surface area contributed by atoms with Gasteiger partial charge < -0.3 is 14.7 Å². The number of aromatic nitrogens is 1. The molecule has 0 spiro atoms. The van der Waals surface area contributed by atoms with E-state index in [1.807, 2.05) is 18.3 Å². The lowest BCUT2D eigenvalue weighted by molar-refractivity contribution is 0.660. The van der Waals surface area contributed by atoms with Crippen LogP contribution in [0.1, 0.15) is 25.0 Å². The molecule has 0 aliphatic heterocycles. The number of para-hydroxylation sites is 2. The van der Waals surface area contributed by atoms with E-state index in [2.05, 4.69) is 573 Å². The van der Waals surface area contributed by atoms with Crippen LogP contribution < -0.4 is 14.7 Å². The summed E-state index contributed by atoms with van der Waals surface area (Å²) in [6.45, 7) is 4.72. The molecule has 0 atom stereocenters. The number of fused-ring (bicyclic) bond motifs is 6. The van der Waals surface area contributed by atoms with Crippen LogP contribution in [0.2, 0.25) is 0 Å². The highest BCUT2D eigenvalue weighted by Crippen LogP contribution is 2.57. The van der Waals surface area contributed by atoms with Gasteiger partial charge in [0.15, 0.2) is 0 Å². The topological polar surface area (TPSA) is 22.6 Å². The van der Waals surface area contributed by atoms with Crippen LogP contribution in [0.25, 0.3) is 155 Å². The third-order valence-electron chi connectivity index (χ3n) is 26.8. The Hall–Kier alpha value is -17.8. The molecule has 0 saturated carbocycles. The predicted octanol–water partition coefficient (Wildman–Crippen LogP) is 37.3. The summed E-state index contributed by atoms with van der Waals surface area (Å²) in [5, 5.41) is 7.22. The van der Waals surface area contributed by atoms with Gasteiger partial charge in [-0.15, -0.1) is 0 Å². The minimum atomic E-state index is -0.124. The lowest BCUT2D eigenvalue weighted by Gasteiger charge is -2.32. The van der Waals surface area contributed by atoms with Gasteiger partial charge in [-0.3, -0.25) is 4.98 Å². The molecule has 1 aromatic heterocycles. The maximum absolute atomic E-state index is 4.56. The van der Waals surface area contributed by atoms with Crippen LogP contribution in [0.3, 0.4) is 0 Å². The van der Waals surface area contributed by atoms with E-state index < -0.39 is 0 Å². The largest absolute Gasteiger partial charge is 0.309 e. The summed E-state index contributed by atoms with van der Waals surface area (Å²) >= 11 is 0. The first-order valence-electron chi connectivity index (χ1n) is 47.5. The maximum atomic E-state index is 4.56. The monoisotopic (exact) mass is 1760 g/mol. The van der Waals surface area contributed by atoms with Crippen molar-refractivity contribution in [1.82, 2.24) is 4.98 Å². The van der Waals surface area contributed by atoms with Crippen molar-refractivity contribution >= 4 is 83.5 Å². The fourth-order valence-corrected chi connectivity index (χ4v) is 20.2. The smallest absolute Gasteiger partial charge is 0.0701 e. The number of anilines is 9. The van der Waals surface area contributed by atoms with Gasteiger partial charge in [0.2, 0.25) is 0 Å². The number of nitrogens with zero attached hydrogens (tertiary/aromatic N) is 4. The minimum Gasteiger partial charge on any atom is -0.309 e. The zero-order chi connectivity index (χ0) is 92.5. The number of rotatable bonds is 19. The van der Waals surface area contributed by atoms with Crippen LogP contribution in [0, 0.1) is 0 Å². The Kier molecular flexibility index (Phi) is 24.1. The van der Waals surface area contributed by atoms with E-state index in [4.69, 9.17) is 0 Å². The fraction of sp³-hybridized carbons (Fsp3) is 0.0224. The Balaban J connectivity index is 0.000000120. The molecule has 0 saturated heterocycles. The van der Waals surface area contributed by atoms with Crippen molar-refractivity contribution in [2.75, 3.05) is 14.7 Å². The van der Waals surface area contributed by atoms with Crippen LogP contribution in [0.4, 0.5) is 51.2 Å². The highest BCUT2D eigenvalue weighted by molar-refractivity contribution is 6.15. The normalized spacial score (nSPS) is 11.6. The molecule has 0 bridgehead atoms. The Labute approximate surface area is 808 Å².